The van der Waals surface area contributed by atoms with Gasteiger partial charge in [-0.15, -0.1) is 0 Å². The molecular weight excluding hydrogens is 364 g/mol. The Labute approximate surface area is 159 Å². The largest absolute Gasteiger partial charge is 0.508 e. The van der Waals surface area contributed by atoms with Crippen molar-refractivity contribution in [3.63, 3.8) is 0 Å². The van der Waals surface area contributed by atoms with Crippen molar-refractivity contribution >= 4 is 15.9 Å². The number of nitrogens with one attached hydrogen (secondary N) is 1. The minimum atomic E-state index is -3.59. The first kappa shape index (κ1) is 19.4. The lowest BCUT2D eigenvalue weighted by Crippen LogP contribution is -2.46. The molecule has 1 aliphatic heterocycles. The summed E-state index contributed by atoms with van der Waals surface area (Å²) in [6.07, 6.45) is 1.10. The molecule has 27 heavy (non-hydrogen) atoms. The van der Waals surface area contributed by atoms with Crippen LogP contribution in [0.4, 0.5) is 0 Å². The van der Waals surface area contributed by atoms with Gasteiger partial charge in [0.1, 0.15) is 5.75 Å². The molecule has 0 unspecified atom stereocenters. The average Bonchev–Trinajstić information content (AvgIpc) is 2.61. The third kappa shape index (κ3) is 4.48. The van der Waals surface area contributed by atoms with Crippen molar-refractivity contribution in [1.29, 1.82) is 0 Å². The van der Waals surface area contributed by atoms with Crippen molar-refractivity contribution in [3.8, 4) is 5.75 Å². The van der Waals surface area contributed by atoms with Gasteiger partial charge < -0.3 is 10.0 Å². The Morgan fingerprint density at radius 1 is 1.11 bits per heavy atom. The summed E-state index contributed by atoms with van der Waals surface area (Å²) in [5.41, 5.74) is 2.17. The molecule has 2 N–H and O–H groups in total. The van der Waals surface area contributed by atoms with E-state index in [9.17, 15) is 18.3 Å². The van der Waals surface area contributed by atoms with Gasteiger partial charge in [-0.1, -0.05) is 23.8 Å². The van der Waals surface area contributed by atoms with Crippen LogP contribution < -0.4 is 4.72 Å². The minimum Gasteiger partial charge on any atom is -0.508 e. The van der Waals surface area contributed by atoms with Gasteiger partial charge in [-0.2, -0.15) is 0 Å². The summed E-state index contributed by atoms with van der Waals surface area (Å²) in [5.74, 6) is -0.0986. The number of aryl methyl sites for hydroxylation is 2. The Bertz CT molecular complexity index is 948. The molecule has 7 heteroatoms. The first-order valence-electron chi connectivity index (χ1n) is 8.94. The third-order valence-electron chi connectivity index (χ3n) is 4.82. The van der Waals surface area contributed by atoms with Crippen LogP contribution in [0.3, 0.4) is 0 Å². The van der Waals surface area contributed by atoms with Gasteiger partial charge >= 0.3 is 0 Å². The third-order valence-corrected chi connectivity index (χ3v) is 6.50. The van der Waals surface area contributed by atoms with E-state index in [0.717, 1.165) is 11.1 Å². The highest BCUT2D eigenvalue weighted by Gasteiger charge is 2.27. The van der Waals surface area contributed by atoms with Crippen molar-refractivity contribution in [1.82, 2.24) is 9.62 Å². The second-order valence-corrected chi connectivity index (χ2v) is 8.69. The Balaban J connectivity index is 1.63. The monoisotopic (exact) mass is 388 g/mol. The van der Waals surface area contributed by atoms with E-state index in [0.29, 0.717) is 36.4 Å². The standard InChI is InChI=1S/C20H24N2O4S/c1-14-6-7-19(15(2)12-14)27(25,26)21-17-8-10-22(11-9-17)20(24)16-4-3-5-18(23)13-16/h3-7,12-13,17,21,23H,8-11H2,1-2H3. The van der Waals surface area contributed by atoms with Crippen LogP contribution in [0.15, 0.2) is 47.4 Å². The van der Waals surface area contributed by atoms with Crippen LogP contribution >= 0.6 is 0 Å². The first-order valence-corrected chi connectivity index (χ1v) is 10.4. The van der Waals surface area contributed by atoms with Crippen molar-refractivity contribution in [2.45, 2.75) is 37.6 Å². The van der Waals surface area contributed by atoms with Gasteiger partial charge in [0.15, 0.2) is 0 Å². The number of carbonyl (C=O) groups excluding carboxylic acids is 1. The molecule has 0 atom stereocenters. The summed E-state index contributed by atoms with van der Waals surface area (Å²) in [5, 5.41) is 9.53. The fourth-order valence-corrected chi connectivity index (χ4v) is 4.94. The number of benzene rings is 2. The molecular formula is C20H24N2O4S. The molecule has 0 bridgehead atoms. The molecule has 144 valence electrons. The second-order valence-electron chi connectivity index (χ2n) is 7.01. The average molecular weight is 388 g/mol. The lowest BCUT2D eigenvalue weighted by atomic mass is 10.0. The molecule has 0 saturated carbocycles. The normalized spacial score (nSPS) is 15.7. The van der Waals surface area contributed by atoms with E-state index in [1.165, 1.54) is 12.1 Å². The summed E-state index contributed by atoms with van der Waals surface area (Å²) in [4.78, 5) is 14.5. The van der Waals surface area contributed by atoms with Crippen LogP contribution in [-0.2, 0) is 10.0 Å². The number of rotatable bonds is 4. The van der Waals surface area contributed by atoms with Crippen molar-refractivity contribution in [2.75, 3.05) is 13.1 Å². The molecule has 1 amide bonds. The van der Waals surface area contributed by atoms with Gasteiger partial charge in [0.25, 0.3) is 5.91 Å². The molecule has 2 aromatic carbocycles. The molecule has 0 aromatic heterocycles. The fourth-order valence-electron chi connectivity index (χ4n) is 3.41. The number of piperidine rings is 1. The summed E-state index contributed by atoms with van der Waals surface area (Å²) in [7, 11) is -3.59. The Hall–Kier alpha value is -2.38. The summed E-state index contributed by atoms with van der Waals surface area (Å²) in [6, 6.07) is 11.3. The molecule has 3 rings (SSSR count). The highest BCUT2D eigenvalue weighted by atomic mass is 32.2. The number of amides is 1. The van der Waals surface area contributed by atoms with Crippen LogP contribution in [-0.4, -0.2) is 43.5 Å². The molecule has 0 spiro atoms. The van der Waals surface area contributed by atoms with E-state index in [4.69, 9.17) is 0 Å². The molecule has 6 nitrogen and oxygen atoms in total. The summed E-state index contributed by atoms with van der Waals surface area (Å²) in [6.45, 7) is 4.65. The maximum atomic E-state index is 12.7. The van der Waals surface area contributed by atoms with E-state index >= 15 is 0 Å². The topological polar surface area (TPSA) is 86.7 Å². The van der Waals surface area contributed by atoms with Crippen LogP contribution in [0.5, 0.6) is 5.75 Å². The maximum Gasteiger partial charge on any atom is 0.253 e. The highest BCUT2D eigenvalue weighted by Crippen LogP contribution is 2.20. The van der Waals surface area contributed by atoms with Crippen LogP contribution in [0.1, 0.15) is 34.3 Å². The lowest BCUT2D eigenvalue weighted by Gasteiger charge is -2.32. The van der Waals surface area contributed by atoms with E-state index < -0.39 is 10.0 Å². The van der Waals surface area contributed by atoms with Crippen LogP contribution in [0, 0.1) is 13.8 Å². The molecule has 0 radical (unpaired) electrons. The SMILES string of the molecule is Cc1ccc(S(=O)(=O)NC2CCN(C(=O)c3cccc(O)c3)CC2)c(C)c1. The van der Waals surface area contributed by atoms with E-state index in [-0.39, 0.29) is 17.7 Å². The number of nitrogens with zero attached hydrogens (tertiary/aromatic N) is 1. The molecule has 1 heterocycles. The predicted molar refractivity (Wildman–Crippen MR) is 103 cm³/mol. The van der Waals surface area contributed by atoms with Crippen molar-refractivity contribution in [2.24, 2.45) is 0 Å². The zero-order valence-electron chi connectivity index (χ0n) is 15.5. The van der Waals surface area contributed by atoms with Crippen LogP contribution in [0.2, 0.25) is 0 Å². The zero-order chi connectivity index (χ0) is 19.6. The Morgan fingerprint density at radius 3 is 2.44 bits per heavy atom. The quantitative estimate of drug-likeness (QED) is 0.843. The maximum absolute atomic E-state index is 12.7. The summed E-state index contributed by atoms with van der Waals surface area (Å²) >= 11 is 0. The number of likely N-dealkylation sites (tertiary alicyclic amines) is 1. The predicted octanol–water partition coefficient (Wildman–Crippen LogP) is 2.59. The Morgan fingerprint density at radius 2 is 1.81 bits per heavy atom. The van der Waals surface area contributed by atoms with Gasteiger partial charge in [0.2, 0.25) is 10.0 Å². The van der Waals surface area contributed by atoms with E-state index in [1.807, 2.05) is 13.0 Å². The number of sulfonamides is 1. The summed E-state index contributed by atoms with van der Waals surface area (Å²) < 4.78 is 28.1. The zero-order valence-corrected chi connectivity index (χ0v) is 16.3. The minimum absolute atomic E-state index is 0.0527. The van der Waals surface area contributed by atoms with E-state index in [2.05, 4.69) is 4.72 Å². The molecule has 2 aromatic rings. The highest BCUT2D eigenvalue weighted by molar-refractivity contribution is 7.89. The Kier molecular flexibility index (Phi) is 5.53. The molecule has 1 saturated heterocycles. The first-order chi connectivity index (χ1) is 12.8. The van der Waals surface area contributed by atoms with Gasteiger partial charge in [0, 0.05) is 24.7 Å². The van der Waals surface area contributed by atoms with Crippen molar-refractivity contribution in [3.05, 3.63) is 59.2 Å². The smallest absolute Gasteiger partial charge is 0.253 e. The number of phenolic OH excluding ortho intramolecular Hbond substituents is 1. The van der Waals surface area contributed by atoms with Gasteiger partial charge in [-0.05, 0) is 56.5 Å². The molecule has 0 aliphatic carbocycles. The van der Waals surface area contributed by atoms with Gasteiger partial charge in [-0.25, -0.2) is 13.1 Å². The number of aromatic hydroxyl groups is 1. The fraction of sp³-hybridized carbons (Fsp3) is 0.350. The number of hydrogen-bond acceptors (Lipinski definition) is 4. The van der Waals surface area contributed by atoms with Gasteiger partial charge in [-0.3, -0.25) is 4.79 Å². The van der Waals surface area contributed by atoms with Crippen LogP contribution in [0.25, 0.3) is 0 Å². The number of phenols is 1. The molecule has 1 fully saturated rings. The van der Waals surface area contributed by atoms with Gasteiger partial charge in [0.05, 0.1) is 4.90 Å². The molecule has 1 aliphatic rings. The van der Waals surface area contributed by atoms with E-state index in [1.54, 1.807) is 36.1 Å². The van der Waals surface area contributed by atoms with Crippen molar-refractivity contribution < 1.29 is 18.3 Å². The second kappa shape index (κ2) is 7.70. The lowest BCUT2D eigenvalue weighted by molar-refractivity contribution is 0.0711. The number of carbonyl (C=O) groups is 1. The number of hydrogen-bond donors (Lipinski definition) is 2.